The number of esters is 1. The van der Waals surface area contributed by atoms with Gasteiger partial charge in [-0.25, -0.2) is 0 Å². The highest BCUT2D eigenvalue weighted by Gasteiger charge is 2.22. The molecular formula is C19H25N3O3. The predicted octanol–water partition coefficient (Wildman–Crippen LogP) is 2.09. The second-order valence-electron chi connectivity index (χ2n) is 6.20. The first kappa shape index (κ1) is 18.7. The minimum atomic E-state index is -0.429. The van der Waals surface area contributed by atoms with Gasteiger partial charge in [0.2, 0.25) is 5.91 Å². The zero-order chi connectivity index (χ0) is 18.6. The number of carbonyl (C=O) groups is 2. The zero-order valence-electron chi connectivity index (χ0n) is 15.5. The van der Waals surface area contributed by atoms with Crippen molar-refractivity contribution in [3.8, 4) is 0 Å². The molecule has 25 heavy (non-hydrogen) atoms. The van der Waals surface area contributed by atoms with E-state index in [1.54, 1.807) is 9.58 Å². The maximum absolute atomic E-state index is 12.9. The van der Waals surface area contributed by atoms with Crippen molar-refractivity contribution < 1.29 is 14.3 Å². The van der Waals surface area contributed by atoms with Gasteiger partial charge in [-0.15, -0.1) is 0 Å². The number of carbonyl (C=O) groups excluding carboxylic acids is 2. The van der Waals surface area contributed by atoms with Gasteiger partial charge in [0.05, 0.1) is 19.2 Å². The maximum Gasteiger partial charge on any atom is 0.325 e. The van der Waals surface area contributed by atoms with Crippen molar-refractivity contribution in [2.24, 2.45) is 7.05 Å². The van der Waals surface area contributed by atoms with Crippen LogP contribution in [-0.2, 0) is 34.3 Å². The highest BCUT2D eigenvalue weighted by Crippen LogP contribution is 2.16. The van der Waals surface area contributed by atoms with Gasteiger partial charge in [-0.3, -0.25) is 14.3 Å². The molecule has 0 N–H and O–H groups in total. The number of hydrogen-bond acceptors (Lipinski definition) is 4. The second-order valence-corrected chi connectivity index (χ2v) is 6.20. The Labute approximate surface area is 148 Å². The molecule has 0 atom stereocenters. The highest BCUT2D eigenvalue weighted by molar-refractivity contribution is 5.84. The van der Waals surface area contributed by atoms with Crippen LogP contribution in [0.4, 0.5) is 0 Å². The van der Waals surface area contributed by atoms with E-state index in [0.717, 1.165) is 28.1 Å². The summed E-state index contributed by atoms with van der Waals surface area (Å²) in [5.74, 6) is -0.547. The minimum absolute atomic E-state index is 0.0674. The average molecular weight is 343 g/mol. The summed E-state index contributed by atoms with van der Waals surface area (Å²) in [4.78, 5) is 26.2. The number of nitrogens with zero attached hydrogens (tertiary/aromatic N) is 3. The quantitative estimate of drug-likeness (QED) is 0.754. The molecule has 1 aromatic carbocycles. The van der Waals surface area contributed by atoms with E-state index < -0.39 is 5.97 Å². The Morgan fingerprint density at radius 3 is 2.44 bits per heavy atom. The summed E-state index contributed by atoms with van der Waals surface area (Å²) >= 11 is 0. The van der Waals surface area contributed by atoms with Crippen molar-refractivity contribution in [1.82, 2.24) is 14.7 Å². The monoisotopic (exact) mass is 343 g/mol. The molecule has 6 nitrogen and oxygen atoms in total. The maximum atomic E-state index is 12.9. The molecule has 0 radical (unpaired) electrons. The molecule has 0 bridgehead atoms. The summed E-state index contributed by atoms with van der Waals surface area (Å²) in [6, 6.07) is 7.84. The summed E-state index contributed by atoms with van der Waals surface area (Å²) in [6.07, 6.45) is 0.217. The van der Waals surface area contributed by atoms with Crippen LogP contribution in [0, 0.1) is 20.8 Å². The lowest BCUT2D eigenvalue weighted by atomic mass is 10.1. The lowest BCUT2D eigenvalue weighted by Crippen LogP contribution is -2.37. The summed E-state index contributed by atoms with van der Waals surface area (Å²) in [7, 11) is 3.18. The first-order chi connectivity index (χ1) is 11.8. The Hall–Kier alpha value is -2.63. The number of hydrogen-bond donors (Lipinski definition) is 0. The van der Waals surface area contributed by atoms with Gasteiger partial charge in [-0.05, 0) is 31.9 Å². The van der Waals surface area contributed by atoms with Crippen LogP contribution in [-0.4, -0.2) is 40.2 Å². The molecule has 134 valence electrons. The number of ether oxygens (including phenoxy) is 1. The summed E-state index contributed by atoms with van der Waals surface area (Å²) in [6.45, 7) is 6.13. The van der Waals surface area contributed by atoms with Crippen LogP contribution in [0.3, 0.4) is 0 Å². The fourth-order valence-electron chi connectivity index (χ4n) is 2.78. The molecule has 1 heterocycles. The van der Waals surface area contributed by atoms with Gasteiger partial charge >= 0.3 is 5.97 Å². The van der Waals surface area contributed by atoms with E-state index in [9.17, 15) is 9.59 Å². The van der Waals surface area contributed by atoms with Crippen molar-refractivity contribution in [3.05, 3.63) is 52.3 Å². The number of methoxy groups -OCH3 is 1. The van der Waals surface area contributed by atoms with Gasteiger partial charge in [-0.2, -0.15) is 5.10 Å². The third-order valence-corrected chi connectivity index (χ3v) is 4.51. The molecule has 0 fully saturated rings. The summed E-state index contributed by atoms with van der Waals surface area (Å²) < 4.78 is 6.52. The van der Waals surface area contributed by atoms with Crippen molar-refractivity contribution in [3.63, 3.8) is 0 Å². The fourth-order valence-corrected chi connectivity index (χ4v) is 2.78. The van der Waals surface area contributed by atoms with Crippen LogP contribution in [0.1, 0.15) is 28.1 Å². The predicted molar refractivity (Wildman–Crippen MR) is 95.0 cm³/mol. The van der Waals surface area contributed by atoms with E-state index in [0.29, 0.717) is 6.54 Å². The average Bonchev–Trinajstić information content (AvgIpc) is 2.82. The molecule has 0 saturated heterocycles. The van der Waals surface area contributed by atoms with Crippen molar-refractivity contribution in [2.75, 3.05) is 13.7 Å². The molecule has 6 heteroatoms. The summed E-state index contributed by atoms with van der Waals surface area (Å²) in [5, 5.41) is 4.35. The Kier molecular flexibility index (Phi) is 5.96. The van der Waals surface area contributed by atoms with Crippen LogP contribution in [0.5, 0.6) is 0 Å². The van der Waals surface area contributed by atoms with Crippen LogP contribution in [0.15, 0.2) is 24.3 Å². The van der Waals surface area contributed by atoms with Crippen molar-refractivity contribution in [2.45, 2.75) is 33.7 Å². The normalized spacial score (nSPS) is 10.6. The Morgan fingerprint density at radius 2 is 1.88 bits per heavy atom. The third-order valence-electron chi connectivity index (χ3n) is 4.51. The van der Waals surface area contributed by atoms with Crippen LogP contribution < -0.4 is 0 Å². The molecule has 0 aliphatic rings. The first-order valence-electron chi connectivity index (χ1n) is 8.21. The Balaban J connectivity index is 2.23. The highest BCUT2D eigenvalue weighted by atomic mass is 16.5. The van der Waals surface area contributed by atoms with Gasteiger partial charge < -0.3 is 9.64 Å². The molecule has 0 spiro atoms. The number of aromatic nitrogens is 2. The molecule has 0 saturated carbocycles. The smallest absolute Gasteiger partial charge is 0.325 e. The SMILES string of the molecule is COC(=O)CN(Cc1ccccc1C)C(=O)Cc1c(C)nn(C)c1C. The molecule has 1 amide bonds. The molecule has 0 aliphatic heterocycles. The van der Waals surface area contributed by atoms with Crippen molar-refractivity contribution >= 4 is 11.9 Å². The summed E-state index contributed by atoms with van der Waals surface area (Å²) in [5.41, 5.74) is 4.80. The van der Waals surface area contributed by atoms with E-state index >= 15 is 0 Å². The minimum Gasteiger partial charge on any atom is -0.468 e. The van der Waals surface area contributed by atoms with Gasteiger partial charge in [0.15, 0.2) is 0 Å². The third kappa shape index (κ3) is 4.47. The van der Waals surface area contributed by atoms with E-state index in [-0.39, 0.29) is 18.9 Å². The molecule has 0 aliphatic carbocycles. The van der Waals surface area contributed by atoms with E-state index in [2.05, 4.69) is 5.10 Å². The lowest BCUT2D eigenvalue weighted by molar-refractivity contribution is -0.147. The zero-order valence-corrected chi connectivity index (χ0v) is 15.5. The molecule has 1 aromatic heterocycles. The fraction of sp³-hybridized carbons (Fsp3) is 0.421. The van der Waals surface area contributed by atoms with E-state index in [4.69, 9.17) is 4.74 Å². The molecule has 2 aromatic rings. The molecule has 2 rings (SSSR count). The number of benzene rings is 1. The topological polar surface area (TPSA) is 64.4 Å². The van der Waals surface area contributed by atoms with Crippen molar-refractivity contribution in [1.29, 1.82) is 0 Å². The standard InChI is InChI=1S/C19H25N3O3/c1-13-8-6-7-9-16(13)11-22(12-19(24)25-5)18(23)10-17-14(2)20-21(4)15(17)3/h6-9H,10-12H2,1-5H3. The Morgan fingerprint density at radius 1 is 1.20 bits per heavy atom. The van der Waals surface area contributed by atoms with Crippen LogP contribution >= 0.6 is 0 Å². The number of aryl methyl sites for hydroxylation is 3. The van der Waals surface area contributed by atoms with E-state index in [1.807, 2.05) is 52.1 Å². The van der Waals surface area contributed by atoms with E-state index in [1.165, 1.54) is 7.11 Å². The lowest BCUT2D eigenvalue weighted by Gasteiger charge is -2.22. The first-order valence-corrected chi connectivity index (χ1v) is 8.21. The van der Waals surface area contributed by atoms with Gasteiger partial charge in [0.1, 0.15) is 6.54 Å². The largest absolute Gasteiger partial charge is 0.468 e. The Bertz CT molecular complexity index is 780. The van der Waals surface area contributed by atoms with Gasteiger partial charge in [0.25, 0.3) is 0 Å². The number of rotatable bonds is 6. The van der Waals surface area contributed by atoms with Crippen LogP contribution in [0.25, 0.3) is 0 Å². The van der Waals surface area contributed by atoms with Crippen LogP contribution in [0.2, 0.25) is 0 Å². The second kappa shape index (κ2) is 7.96. The molecule has 0 unspecified atom stereocenters. The number of amides is 1. The van der Waals surface area contributed by atoms with Gasteiger partial charge in [0, 0.05) is 24.8 Å². The van der Waals surface area contributed by atoms with Gasteiger partial charge in [-0.1, -0.05) is 24.3 Å². The molecular weight excluding hydrogens is 318 g/mol.